The fourth-order valence-electron chi connectivity index (χ4n) is 2.98. The molecule has 0 aliphatic rings. The maximum absolute atomic E-state index is 12.5. The third-order valence-electron chi connectivity index (χ3n) is 5.00. The molecule has 0 radical (unpaired) electrons. The van der Waals surface area contributed by atoms with Crippen molar-refractivity contribution in [2.45, 2.75) is 66.6 Å². The summed E-state index contributed by atoms with van der Waals surface area (Å²) in [4.78, 5) is 35.4. The average molecular weight is 344 g/mol. The number of aliphatic carboxylic acids is 1. The molecule has 0 aromatic rings. The lowest BCUT2D eigenvalue weighted by Gasteiger charge is -2.29. The van der Waals surface area contributed by atoms with Crippen molar-refractivity contribution < 1.29 is 29.7 Å². The fourth-order valence-corrected chi connectivity index (χ4v) is 2.98. The Bertz CT molecular complexity index is 447. The summed E-state index contributed by atoms with van der Waals surface area (Å²) in [5.41, 5.74) is 0. The van der Waals surface area contributed by atoms with Crippen LogP contribution in [-0.4, -0.2) is 45.1 Å². The van der Waals surface area contributed by atoms with Gasteiger partial charge in [-0.1, -0.05) is 34.6 Å². The molecule has 0 fully saturated rings. The van der Waals surface area contributed by atoms with Crippen LogP contribution < -0.4 is 0 Å². The van der Waals surface area contributed by atoms with Crippen molar-refractivity contribution in [3.8, 4) is 0 Å². The molecule has 0 spiro atoms. The van der Waals surface area contributed by atoms with E-state index in [1.165, 1.54) is 6.92 Å². The van der Waals surface area contributed by atoms with Crippen molar-refractivity contribution >= 4 is 17.5 Å². The van der Waals surface area contributed by atoms with Gasteiger partial charge < -0.3 is 15.3 Å². The third-order valence-corrected chi connectivity index (χ3v) is 5.00. The van der Waals surface area contributed by atoms with Crippen molar-refractivity contribution in [1.29, 1.82) is 0 Å². The molecule has 0 aliphatic heterocycles. The fraction of sp³-hybridized carbons (Fsp3) is 0.833. The zero-order chi connectivity index (χ0) is 19.2. The van der Waals surface area contributed by atoms with Gasteiger partial charge in [-0.05, 0) is 19.8 Å². The Morgan fingerprint density at radius 1 is 0.875 bits per heavy atom. The molecule has 0 aromatic carbocycles. The van der Waals surface area contributed by atoms with Crippen LogP contribution in [0.25, 0.3) is 0 Å². The van der Waals surface area contributed by atoms with Gasteiger partial charge in [0.2, 0.25) is 0 Å². The van der Waals surface area contributed by atoms with E-state index in [1.54, 1.807) is 34.6 Å². The van der Waals surface area contributed by atoms with Crippen LogP contribution in [0.3, 0.4) is 0 Å². The van der Waals surface area contributed by atoms with Gasteiger partial charge >= 0.3 is 5.97 Å². The van der Waals surface area contributed by atoms with Crippen LogP contribution in [0.5, 0.6) is 0 Å². The van der Waals surface area contributed by atoms with Gasteiger partial charge in [-0.2, -0.15) is 0 Å². The maximum Gasteiger partial charge on any atom is 0.313 e. The van der Waals surface area contributed by atoms with Crippen LogP contribution in [-0.2, 0) is 14.4 Å². The van der Waals surface area contributed by atoms with E-state index in [2.05, 4.69) is 0 Å². The maximum atomic E-state index is 12.5. The van der Waals surface area contributed by atoms with E-state index < -0.39 is 53.6 Å². The van der Waals surface area contributed by atoms with E-state index in [-0.39, 0.29) is 12.2 Å². The highest BCUT2D eigenvalue weighted by molar-refractivity contribution is 5.99. The van der Waals surface area contributed by atoms with Crippen LogP contribution in [0.1, 0.15) is 54.4 Å². The molecule has 6 nitrogen and oxygen atoms in total. The van der Waals surface area contributed by atoms with Crippen LogP contribution in [0, 0.1) is 29.6 Å². The first-order valence-corrected chi connectivity index (χ1v) is 8.61. The Balaban J connectivity index is 4.81. The van der Waals surface area contributed by atoms with Crippen LogP contribution in [0.2, 0.25) is 0 Å². The quantitative estimate of drug-likeness (QED) is 0.494. The summed E-state index contributed by atoms with van der Waals surface area (Å²) in [5.74, 6) is -4.94. The molecule has 7 atom stereocenters. The molecule has 0 saturated heterocycles. The summed E-state index contributed by atoms with van der Waals surface area (Å²) < 4.78 is 0. The highest BCUT2D eigenvalue weighted by atomic mass is 16.4. The minimum atomic E-state index is -1.17. The Morgan fingerprint density at radius 3 is 1.75 bits per heavy atom. The van der Waals surface area contributed by atoms with Gasteiger partial charge in [-0.3, -0.25) is 14.4 Å². The topological polar surface area (TPSA) is 112 Å². The van der Waals surface area contributed by atoms with Crippen molar-refractivity contribution in [3.05, 3.63) is 0 Å². The second-order valence-electron chi connectivity index (χ2n) is 7.02. The number of carbonyl (C=O) groups is 3. The molecule has 0 amide bonds. The highest BCUT2D eigenvalue weighted by Gasteiger charge is 2.34. The van der Waals surface area contributed by atoms with E-state index in [4.69, 9.17) is 5.11 Å². The van der Waals surface area contributed by atoms with Crippen molar-refractivity contribution in [2.75, 3.05) is 0 Å². The predicted molar refractivity (Wildman–Crippen MR) is 90.4 cm³/mol. The number of carbonyl (C=O) groups excluding carboxylic acids is 2. The summed E-state index contributed by atoms with van der Waals surface area (Å²) in [6.07, 6.45) is -0.897. The number of aliphatic hydroxyl groups excluding tert-OH is 2. The van der Waals surface area contributed by atoms with E-state index in [0.717, 1.165) is 0 Å². The number of aliphatic hydroxyl groups is 2. The standard InChI is InChI=1S/C18H32O6/c1-7-14(19)11(4)17(22)12(5)15(20)9(2)8-10(3)16(21)13(6)18(23)24/h9-14,17,19,22H,7-8H2,1-6H3,(H,23,24)/t9-,10+,11+,12+,13+,14-,17+/m1/s1. The first-order chi connectivity index (χ1) is 10.9. The molecule has 0 heterocycles. The summed E-state index contributed by atoms with van der Waals surface area (Å²) in [5, 5.41) is 29.0. The van der Waals surface area contributed by atoms with E-state index in [0.29, 0.717) is 6.42 Å². The summed E-state index contributed by atoms with van der Waals surface area (Å²) in [6.45, 7) is 9.77. The first-order valence-electron chi connectivity index (χ1n) is 8.61. The molecule has 6 heteroatoms. The molecule has 0 aromatic heterocycles. The van der Waals surface area contributed by atoms with Gasteiger partial charge in [0.15, 0.2) is 0 Å². The molecule has 24 heavy (non-hydrogen) atoms. The van der Waals surface area contributed by atoms with Crippen LogP contribution in [0.4, 0.5) is 0 Å². The minimum Gasteiger partial charge on any atom is -0.481 e. The first kappa shape index (κ1) is 22.7. The van der Waals surface area contributed by atoms with Gasteiger partial charge in [0.25, 0.3) is 0 Å². The number of hydrogen-bond donors (Lipinski definition) is 3. The SMILES string of the molecule is CC[C@@H](O)[C@H](C)[C@H](O)[C@@H](C)C(=O)[C@H](C)C[C@H](C)C(=O)[C@H](C)C(=O)O. The number of Topliss-reactive ketones (excluding diaryl/α,β-unsaturated/α-hetero) is 2. The van der Waals surface area contributed by atoms with Crippen molar-refractivity contribution in [2.24, 2.45) is 29.6 Å². The smallest absolute Gasteiger partial charge is 0.313 e. The van der Waals surface area contributed by atoms with Gasteiger partial charge in [-0.15, -0.1) is 0 Å². The predicted octanol–water partition coefficient (Wildman–Crippen LogP) is 1.91. The number of rotatable bonds is 11. The molecule has 0 rings (SSSR count). The summed E-state index contributed by atoms with van der Waals surface area (Å²) in [6, 6.07) is 0. The lowest BCUT2D eigenvalue weighted by atomic mass is 9.79. The van der Waals surface area contributed by atoms with E-state index >= 15 is 0 Å². The number of hydrogen-bond acceptors (Lipinski definition) is 5. The average Bonchev–Trinajstić information content (AvgIpc) is 2.56. The lowest BCUT2D eigenvalue weighted by molar-refractivity contribution is -0.146. The number of ketones is 2. The van der Waals surface area contributed by atoms with Crippen LogP contribution in [0.15, 0.2) is 0 Å². The Labute approximate surface area is 144 Å². The largest absolute Gasteiger partial charge is 0.481 e. The molecule has 3 N–H and O–H groups in total. The summed E-state index contributed by atoms with van der Waals surface area (Å²) in [7, 11) is 0. The Hall–Kier alpha value is -1.27. The lowest BCUT2D eigenvalue weighted by Crippen LogP contribution is -2.39. The molecule has 140 valence electrons. The van der Waals surface area contributed by atoms with Gasteiger partial charge in [0, 0.05) is 23.7 Å². The van der Waals surface area contributed by atoms with E-state index in [1.807, 2.05) is 0 Å². The Morgan fingerprint density at radius 2 is 1.33 bits per heavy atom. The van der Waals surface area contributed by atoms with E-state index in [9.17, 15) is 24.6 Å². The second kappa shape index (κ2) is 9.89. The molecular formula is C18H32O6. The summed E-state index contributed by atoms with van der Waals surface area (Å²) >= 11 is 0. The zero-order valence-corrected chi connectivity index (χ0v) is 15.5. The minimum absolute atomic E-state index is 0.180. The molecule has 0 aliphatic carbocycles. The normalized spacial score (nSPS) is 20.3. The van der Waals surface area contributed by atoms with Crippen LogP contribution >= 0.6 is 0 Å². The molecular weight excluding hydrogens is 312 g/mol. The van der Waals surface area contributed by atoms with Gasteiger partial charge in [-0.25, -0.2) is 0 Å². The third kappa shape index (κ3) is 5.98. The second-order valence-corrected chi connectivity index (χ2v) is 7.02. The van der Waals surface area contributed by atoms with Crippen molar-refractivity contribution in [1.82, 2.24) is 0 Å². The number of carboxylic acids is 1. The Kier molecular flexibility index (Phi) is 9.37. The van der Waals surface area contributed by atoms with Crippen molar-refractivity contribution in [3.63, 3.8) is 0 Å². The highest BCUT2D eigenvalue weighted by Crippen LogP contribution is 2.25. The number of carboxylic acid groups (broad SMARTS) is 1. The van der Waals surface area contributed by atoms with Gasteiger partial charge in [0.05, 0.1) is 12.2 Å². The van der Waals surface area contributed by atoms with Gasteiger partial charge in [0.1, 0.15) is 17.5 Å². The monoisotopic (exact) mass is 344 g/mol. The molecule has 0 saturated carbocycles. The zero-order valence-electron chi connectivity index (χ0n) is 15.5. The molecule has 0 bridgehead atoms. The molecule has 0 unspecified atom stereocenters.